The second-order valence-corrected chi connectivity index (χ2v) is 12.5. The summed E-state index contributed by atoms with van der Waals surface area (Å²) in [5.74, 6) is 0. The van der Waals surface area contributed by atoms with E-state index in [0.717, 1.165) is 17.1 Å². The quantitative estimate of drug-likeness (QED) is 0.196. The highest BCUT2D eigenvalue weighted by atomic mass is 32.2. The number of hydrogen-bond acceptors (Lipinski definition) is 2. The fraction of sp³-hybridized carbons (Fsp3) is 0. The predicted octanol–water partition coefficient (Wildman–Crippen LogP) is 12.1. The molecule has 0 aliphatic carbocycles. The number of nitrogens with zero attached hydrogens (tertiary/aromatic N) is 2. The molecule has 0 spiro atoms. The molecular formula is C42H28N2S. The molecule has 1 aromatic heterocycles. The van der Waals surface area contributed by atoms with E-state index in [2.05, 4.69) is 179 Å². The molecule has 0 amide bonds. The van der Waals surface area contributed by atoms with Crippen LogP contribution in [-0.2, 0) is 0 Å². The van der Waals surface area contributed by atoms with E-state index in [4.69, 9.17) is 0 Å². The largest absolute Gasteiger partial charge is 0.310 e. The molecule has 7 aromatic carbocycles. The number of rotatable bonds is 5. The summed E-state index contributed by atoms with van der Waals surface area (Å²) in [6, 6.07) is 61.3. The van der Waals surface area contributed by atoms with Crippen molar-refractivity contribution in [2.45, 2.75) is 9.79 Å². The lowest BCUT2D eigenvalue weighted by Crippen LogP contribution is -2.10. The van der Waals surface area contributed by atoms with E-state index in [1.54, 1.807) is 0 Å². The molecule has 45 heavy (non-hydrogen) atoms. The van der Waals surface area contributed by atoms with Crippen LogP contribution in [0.5, 0.6) is 0 Å². The van der Waals surface area contributed by atoms with Crippen LogP contribution in [0.25, 0.3) is 49.7 Å². The zero-order valence-electron chi connectivity index (χ0n) is 24.5. The van der Waals surface area contributed by atoms with E-state index in [-0.39, 0.29) is 0 Å². The van der Waals surface area contributed by atoms with Gasteiger partial charge >= 0.3 is 0 Å². The van der Waals surface area contributed by atoms with Crippen LogP contribution < -0.4 is 4.90 Å². The lowest BCUT2D eigenvalue weighted by Gasteiger charge is -2.27. The van der Waals surface area contributed by atoms with Crippen molar-refractivity contribution in [2.24, 2.45) is 0 Å². The first kappa shape index (κ1) is 25.9. The minimum atomic E-state index is 1.12. The summed E-state index contributed by atoms with van der Waals surface area (Å²) in [5, 5.41) is 2.53. The third-order valence-electron chi connectivity index (χ3n) is 8.79. The Morgan fingerprint density at radius 2 is 0.956 bits per heavy atom. The normalized spacial score (nSPS) is 11.9. The molecule has 0 N–H and O–H groups in total. The molecule has 0 radical (unpaired) electrons. The van der Waals surface area contributed by atoms with Crippen molar-refractivity contribution < 1.29 is 0 Å². The van der Waals surface area contributed by atoms with Gasteiger partial charge < -0.3 is 9.47 Å². The van der Waals surface area contributed by atoms with Gasteiger partial charge in [0.05, 0.1) is 22.4 Å². The van der Waals surface area contributed by atoms with Crippen LogP contribution in [0.15, 0.2) is 180 Å². The van der Waals surface area contributed by atoms with Gasteiger partial charge in [0.2, 0.25) is 0 Å². The van der Waals surface area contributed by atoms with E-state index in [1.807, 2.05) is 11.8 Å². The highest BCUT2D eigenvalue weighted by Crippen LogP contribution is 2.50. The number of benzene rings is 7. The Kier molecular flexibility index (Phi) is 6.10. The predicted molar refractivity (Wildman–Crippen MR) is 190 cm³/mol. The van der Waals surface area contributed by atoms with Crippen molar-refractivity contribution in [2.75, 3.05) is 4.90 Å². The summed E-state index contributed by atoms with van der Waals surface area (Å²) in [6.07, 6.45) is 0. The molecule has 1 aliphatic heterocycles. The molecule has 9 rings (SSSR count). The van der Waals surface area contributed by atoms with Crippen molar-refractivity contribution in [1.29, 1.82) is 0 Å². The lowest BCUT2D eigenvalue weighted by atomic mass is 10.0. The molecule has 2 nitrogen and oxygen atoms in total. The Morgan fingerprint density at radius 1 is 0.422 bits per heavy atom. The monoisotopic (exact) mass is 592 g/mol. The number of anilines is 3. The Morgan fingerprint density at radius 3 is 1.60 bits per heavy atom. The van der Waals surface area contributed by atoms with E-state index >= 15 is 0 Å². The van der Waals surface area contributed by atoms with Crippen molar-refractivity contribution >= 4 is 50.6 Å². The van der Waals surface area contributed by atoms with Gasteiger partial charge in [-0.25, -0.2) is 0 Å². The number of fused-ring (bicyclic) bond motifs is 5. The maximum atomic E-state index is 2.46. The average molecular weight is 593 g/mol. The zero-order chi connectivity index (χ0) is 29.7. The third kappa shape index (κ3) is 4.28. The Hall–Kier alpha value is -5.51. The molecule has 3 heteroatoms. The van der Waals surface area contributed by atoms with Gasteiger partial charge in [-0.3, -0.25) is 0 Å². The standard InChI is InChI=1S/C42H28N2S/c1-3-11-29(12-4-1)31-21-25-33(26-22-31)43(34-27-23-32(24-28-34)30-13-5-2-6-14-30)37-17-10-18-38-41(37)35-15-9-20-40-42(35)44(38)36-16-7-8-19-39(36)45-40/h1-28H. The minimum Gasteiger partial charge on any atom is -0.310 e. The topological polar surface area (TPSA) is 8.17 Å². The molecule has 0 saturated heterocycles. The van der Waals surface area contributed by atoms with Crippen molar-refractivity contribution in [3.05, 3.63) is 170 Å². The fourth-order valence-electron chi connectivity index (χ4n) is 6.73. The average Bonchev–Trinajstić information content (AvgIpc) is 3.46. The van der Waals surface area contributed by atoms with Crippen LogP contribution in [-0.4, -0.2) is 4.57 Å². The number of aromatic nitrogens is 1. The first-order chi connectivity index (χ1) is 22.3. The summed E-state index contributed by atoms with van der Waals surface area (Å²) < 4.78 is 2.46. The van der Waals surface area contributed by atoms with Gasteiger partial charge in [-0.1, -0.05) is 127 Å². The second kappa shape index (κ2) is 10.6. The highest BCUT2D eigenvalue weighted by Gasteiger charge is 2.26. The smallest absolute Gasteiger partial charge is 0.0681 e. The van der Waals surface area contributed by atoms with E-state index in [9.17, 15) is 0 Å². The van der Waals surface area contributed by atoms with Gasteiger partial charge in [-0.05, 0) is 76.9 Å². The van der Waals surface area contributed by atoms with Crippen molar-refractivity contribution in [3.8, 4) is 27.9 Å². The van der Waals surface area contributed by atoms with Gasteiger partial charge in [0.25, 0.3) is 0 Å². The van der Waals surface area contributed by atoms with Crippen LogP contribution >= 0.6 is 11.8 Å². The Balaban J connectivity index is 1.28. The first-order valence-electron chi connectivity index (χ1n) is 15.3. The van der Waals surface area contributed by atoms with Crippen LogP contribution in [0, 0.1) is 0 Å². The Bertz CT molecular complexity index is 2240. The van der Waals surface area contributed by atoms with Gasteiger partial charge in [-0.15, -0.1) is 0 Å². The molecule has 0 unspecified atom stereocenters. The second-order valence-electron chi connectivity index (χ2n) is 11.4. The molecule has 212 valence electrons. The Labute approximate surface area is 266 Å². The molecule has 1 aliphatic rings. The van der Waals surface area contributed by atoms with Gasteiger partial charge in [0.1, 0.15) is 0 Å². The molecule has 2 heterocycles. The van der Waals surface area contributed by atoms with E-state index in [1.165, 1.54) is 59.5 Å². The number of para-hydroxylation sites is 2. The van der Waals surface area contributed by atoms with Crippen molar-refractivity contribution in [1.82, 2.24) is 4.57 Å². The molecule has 0 bridgehead atoms. The summed E-state index contributed by atoms with van der Waals surface area (Å²) >= 11 is 1.86. The molecule has 0 atom stereocenters. The summed E-state index contributed by atoms with van der Waals surface area (Å²) in [6.45, 7) is 0. The highest BCUT2D eigenvalue weighted by molar-refractivity contribution is 7.99. The first-order valence-corrected chi connectivity index (χ1v) is 16.1. The van der Waals surface area contributed by atoms with Crippen LogP contribution in [0.1, 0.15) is 0 Å². The van der Waals surface area contributed by atoms with Crippen LogP contribution in [0.4, 0.5) is 17.1 Å². The van der Waals surface area contributed by atoms with Crippen LogP contribution in [0.2, 0.25) is 0 Å². The zero-order valence-corrected chi connectivity index (χ0v) is 25.3. The SMILES string of the molecule is c1ccc(-c2ccc(N(c3ccc(-c4ccccc4)cc3)c3cccc4c3c3cccc5c3n4-c3ccccc3S5)cc2)cc1. The van der Waals surface area contributed by atoms with E-state index < -0.39 is 0 Å². The molecular weight excluding hydrogens is 565 g/mol. The molecule has 0 saturated carbocycles. The molecule has 0 fully saturated rings. The fourth-order valence-corrected chi connectivity index (χ4v) is 7.82. The lowest BCUT2D eigenvalue weighted by molar-refractivity contribution is 1.09. The summed E-state index contributed by atoms with van der Waals surface area (Å²) in [5.41, 5.74) is 12.0. The maximum absolute atomic E-state index is 2.46. The third-order valence-corrected chi connectivity index (χ3v) is 9.90. The van der Waals surface area contributed by atoms with Crippen LogP contribution in [0.3, 0.4) is 0 Å². The van der Waals surface area contributed by atoms with Gasteiger partial charge in [0.15, 0.2) is 0 Å². The van der Waals surface area contributed by atoms with E-state index in [0.29, 0.717) is 0 Å². The van der Waals surface area contributed by atoms with Crippen molar-refractivity contribution in [3.63, 3.8) is 0 Å². The van der Waals surface area contributed by atoms with Gasteiger partial charge in [0, 0.05) is 31.9 Å². The number of hydrogen-bond donors (Lipinski definition) is 0. The summed E-state index contributed by atoms with van der Waals surface area (Å²) in [4.78, 5) is 4.99. The van der Waals surface area contributed by atoms with Gasteiger partial charge in [-0.2, -0.15) is 0 Å². The summed E-state index contributed by atoms with van der Waals surface area (Å²) in [7, 11) is 0. The minimum absolute atomic E-state index is 1.12. The maximum Gasteiger partial charge on any atom is 0.0681 e. The molecule has 8 aromatic rings.